The van der Waals surface area contributed by atoms with Gasteiger partial charge in [0.05, 0.1) is 0 Å². The van der Waals surface area contributed by atoms with Crippen LogP contribution < -0.4 is 0 Å². The van der Waals surface area contributed by atoms with Crippen molar-refractivity contribution in [2.24, 2.45) is 5.92 Å². The zero-order valence-electron chi connectivity index (χ0n) is 7.96. The lowest BCUT2D eigenvalue weighted by Crippen LogP contribution is -2.04. The molecule has 2 unspecified atom stereocenters. The minimum atomic E-state index is 0. The quantitative estimate of drug-likeness (QED) is 0.644. The third-order valence-electron chi connectivity index (χ3n) is 2.56. The van der Waals surface area contributed by atoms with Crippen molar-refractivity contribution in [1.82, 2.24) is 0 Å². The fraction of sp³-hybridized carbons (Fsp3) is 0.417. The van der Waals surface area contributed by atoms with E-state index in [9.17, 15) is 0 Å². The Morgan fingerprint density at radius 2 is 1.77 bits per heavy atom. The van der Waals surface area contributed by atoms with Crippen LogP contribution in [0.4, 0.5) is 0 Å². The molecule has 1 aromatic rings. The summed E-state index contributed by atoms with van der Waals surface area (Å²) in [5.41, 5.74) is 1.40. The molecular formula is C12H20Al. The van der Waals surface area contributed by atoms with E-state index in [4.69, 9.17) is 0 Å². The van der Waals surface area contributed by atoms with Crippen molar-refractivity contribution in [2.75, 3.05) is 0 Å². The van der Waals surface area contributed by atoms with Crippen molar-refractivity contribution in [3.63, 3.8) is 0 Å². The third kappa shape index (κ3) is 3.55. The molecule has 0 saturated carbocycles. The topological polar surface area (TPSA) is 0 Å². The van der Waals surface area contributed by atoms with E-state index in [-0.39, 0.29) is 17.4 Å². The molecule has 2 atom stereocenters. The van der Waals surface area contributed by atoms with Gasteiger partial charge in [-0.25, -0.2) is 0 Å². The summed E-state index contributed by atoms with van der Waals surface area (Å²) in [5, 5.41) is 0. The zero-order chi connectivity index (χ0) is 8.97. The molecule has 0 aliphatic heterocycles. The predicted octanol–water partition coefficient (Wildman–Crippen LogP) is 2.47. The molecule has 0 aliphatic carbocycles. The lowest BCUT2D eigenvalue weighted by Gasteiger charge is -2.18. The minimum absolute atomic E-state index is 0. The Kier molecular flexibility index (Phi) is 6.12. The molecule has 1 heteroatoms. The average Bonchev–Trinajstić information content (AvgIpc) is 2.17. The molecule has 0 amide bonds. The van der Waals surface area contributed by atoms with Crippen LogP contribution in [0.1, 0.15) is 31.7 Å². The summed E-state index contributed by atoms with van der Waals surface area (Å²) in [7, 11) is 0. The maximum absolute atomic E-state index is 4.13. The fourth-order valence-electron chi connectivity index (χ4n) is 1.38. The van der Waals surface area contributed by atoms with Gasteiger partial charge in [-0.3, -0.25) is 0 Å². The molecule has 1 radical (unpaired) electrons. The highest BCUT2D eigenvalue weighted by molar-refractivity contribution is 5.75. The van der Waals surface area contributed by atoms with Gasteiger partial charge in [-0.1, -0.05) is 50.6 Å². The Labute approximate surface area is 92.5 Å². The smallest absolute Gasteiger partial charge is 0.0651 e. The molecule has 0 saturated heterocycles. The monoisotopic (exact) mass is 191 g/mol. The largest absolute Gasteiger partial charge is 0.187 e. The molecule has 0 N–H and O–H groups in total. The molecule has 13 heavy (non-hydrogen) atoms. The SMILES string of the molecule is [AlH3].[CH2]C(CC)C(C)c1ccccc1. The molecule has 1 rings (SSSR count). The predicted molar refractivity (Wildman–Crippen MR) is 63.9 cm³/mol. The van der Waals surface area contributed by atoms with Crippen LogP contribution in [-0.4, -0.2) is 17.4 Å². The summed E-state index contributed by atoms with van der Waals surface area (Å²) >= 11 is 0. The Hall–Kier alpha value is -0.248. The van der Waals surface area contributed by atoms with E-state index >= 15 is 0 Å². The van der Waals surface area contributed by atoms with Crippen LogP contribution in [0.15, 0.2) is 30.3 Å². The molecule has 71 valence electrons. The minimum Gasteiger partial charge on any atom is -0.0651 e. The molecule has 1 aromatic carbocycles. The van der Waals surface area contributed by atoms with E-state index < -0.39 is 0 Å². The van der Waals surface area contributed by atoms with Crippen LogP contribution in [0.25, 0.3) is 0 Å². The highest BCUT2D eigenvalue weighted by atomic mass is 27.0. The van der Waals surface area contributed by atoms with Crippen LogP contribution in [-0.2, 0) is 0 Å². The van der Waals surface area contributed by atoms with E-state index in [0.717, 1.165) is 6.42 Å². The molecule has 0 aromatic heterocycles. The van der Waals surface area contributed by atoms with E-state index in [1.54, 1.807) is 0 Å². The average molecular weight is 191 g/mol. The summed E-state index contributed by atoms with van der Waals surface area (Å²) in [5.74, 6) is 1.11. The van der Waals surface area contributed by atoms with E-state index in [1.807, 2.05) is 0 Å². The summed E-state index contributed by atoms with van der Waals surface area (Å²) < 4.78 is 0. The van der Waals surface area contributed by atoms with Crippen LogP contribution in [0.3, 0.4) is 0 Å². The van der Waals surface area contributed by atoms with Gasteiger partial charge in [0.2, 0.25) is 0 Å². The van der Waals surface area contributed by atoms with E-state index in [1.165, 1.54) is 5.56 Å². The first kappa shape index (κ1) is 12.8. The molecule has 0 spiro atoms. The molecule has 0 bridgehead atoms. The van der Waals surface area contributed by atoms with E-state index in [2.05, 4.69) is 51.1 Å². The molecular weight excluding hydrogens is 171 g/mol. The Bertz CT molecular complexity index is 218. The molecule has 0 aliphatic rings. The standard InChI is InChI=1S/C12H17.Al.3H/c1-4-10(2)11(3)12-8-6-5-7-9-12;;;;/h5-11H,2,4H2,1,3H3;;;;. The molecule has 0 heterocycles. The van der Waals surface area contributed by atoms with Crippen molar-refractivity contribution < 1.29 is 0 Å². The van der Waals surface area contributed by atoms with Gasteiger partial charge in [-0.2, -0.15) is 0 Å². The summed E-state index contributed by atoms with van der Waals surface area (Å²) in [4.78, 5) is 0. The van der Waals surface area contributed by atoms with Crippen molar-refractivity contribution in [1.29, 1.82) is 0 Å². The van der Waals surface area contributed by atoms with Gasteiger partial charge in [0.15, 0.2) is 17.4 Å². The Morgan fingerprint density at radius 3 is 2.23 bits per heavy atom. The van der Waals surface area contributed by atoms with E-state index in [0.29, 0.717) is 11.8 Å². The normalized spacial score (nSPS) is 14.4. The zero-order valence-corrected chi connectivity index (χ0v) is 7.96. The molecule has 0 fully saturated rings. The van der Waals surface area contributed by atoms with Crippen LogP contribution >= 0.6 is 0 Å². The van der Waals surface area contributed by atoms with Crippen molar-refractivity contribution in [3.8, 4) is 0 Å². The lowest BCUT2D eigenvalue weighted by molar-refractivity contribution is 0.522. The number of rotatable bonds is 3. The Balaban J connectivity index is 0.00000144. The summed E-state index contributed by atoms with van der Waals surface area (Å²) in [6, 6.07) is 10.6. The van der Waals surface area contributed by atoms with Crippen LogP contribution in [0.2, 0.25) is 0 Å². The maximum Gasteiger partial charge on any atom is 0.187 e. The van der Waals surface area contributed by atoms with Crippen LogP contribution in [0.5, 0.6) is 0 Å². The van der Waals surface area contributed by atoms with Gasteiger partial charge in [0.25, 0.3) is 0 Å². The number of hydrogen-bond acceptors (Lipinski definition) is 0. The second kappa shape index (κ2) is 6.24. The second-order valence-corrected chi connectivity index (χ2v) is 3.37. The van der Waals surface area contributed by atoms with Gasteiger partial charge in [-0.15, -0.1) is 0 Å². The number of hydrogen-bond donors (Lipinski definition) is 0. The van der Waals surface area contributed by atoms with Crippen molar-refractivity contribution in [2.45, 2.75) is 26.2 Å². The second-order valence-electron chi connectivity index (χ2n) is 3.37. The van der Waals surface area contributed by atoms with Crippen molar-refractivity contribution >= 4 is 17.4 Å². The fourth-order valence-corrected chi connectivity index (χ4v) is 1.38. The van der Waals surface area contributed by atoms with Gasteiger partial charge in [-0.05, 0) is 24.3 Å². The maximum atomic E-state index is 4.13. The first-order chi connectivity index (χ1) is 5.75. The van der Waals surface area contributed by atoms with Crippen LogP contribution in [0, 0.1) is 12.8 Å². The first-order valence-electron chi connectivity index (χ1n) is 4.63. The van der Waals surface area contributed by atoms with Gasteiger partial charge >= 0.3 is 0 Å². The van der Waals surface area contributed by atoms with Gasteiger partial charge in [0.1, 0.15) is 0 Å². The van der Waals surface area contributed by atoms with Crippen molar-refractivity contribution in [3.05, 3.63) is 42.8 Å². The third-order valence-corrected chi connectivity index (χ3v) is 2.56. The number of benzene rings is 1. The highest BCUT2D eigenvalue weighted by Crippen LogP contribution is 2.25. The summed E-state index contributed by atoms with van der Waals surface area (Å²) in [6.45, 7) is 8.57. The van der Waals surface area contributed by atoms with Gasteiger partial charge in [0, 0.05) is 0 Å². The first-order valence-corrected chi connectivity index (χ1v) is 4.63. The summed E-state index contributed by atoms with van der Waals surface area (Å²) in [6.07, 6.45) is 1.15. The Morgan fingerprint density at radius 1 is 1.23 bits per heavy atom. The highest BCUT2D eigenvalue weighted by Gasteiger charge is 2.11. The van der Waals surface area contributed by atoms with Gasteiger partial charge < -0.3 is 0 Å². The lowest BCUT2D eigenvalue weighted by atomic mass is 9.87. The molecule has 0 nitrogen and oxygen atoms in total.